The van der Waals surface area contributed by atoms with Gasteiger partial charge in [0.25, 0.3) is 0 Å². The molecular weight excluding hydrogens is 270 g/mol. The minimum absolute atomic E-state index is 0.0543. The van der Waals surface area contributed by atoms with Crippen LogP contribution in [0.3, 0.4) is 0 Å². The van der Waals surface area contributed by atoms with E-state index in [1.807, 2.05) is 17.6 Å². The van der Waals surface area contributed by atoms with E-state index in [9.17, 15) is 8.78 Å². The van der Waals surface area contributed by atoms with E-state index in [1.165, 1.54) is 6.07 Å². The van der Waals surface area contributed by atoms with Gasteiger partial charge in [0.05, 0.1) is 5.69 Å². The molecule has 0 aliphatic heterocycles. The molecule has 0 saturated heterocycles. The second-order valence-electron chi connectivity index (χ2n) is 6.75. The Balaban J connectivity index is 2.24. The van der Waals surface area contributed by atoms with Gasteiger partial charge < -0.3 is 10.3 Å². The van der Waals surface area contributed by atoms with Gasteiger partial charge in [-0.15, -0.1) is 0 Å². The molecule has 21 heavy (non-hydrogen) atoms. The number of aromatic nitrogens is 1. The molecule has 1 aromatic heterocycles. The number of hydrogen-bond donors (Lipinski definition) is 1. The molecule has 0 saturated carbocycles. The molecule has 1 aromatic carbocycles. The number of rotatable bonds is 1. The SMILES string of the molecule is Cc1cc2c(n1-c1cccc(F)c1F)CC(C)(C)CC2N. The molecule has 0 amide bonds. The van der Waals surface area contributed by atoms with E-state index in [2.05, 4.69) is 13.8 Å². The molecule has 1 aliphatic carbocycles. The lowest BCUT2D eigenvalue weighted by molar-refractivity contribution is 0.278. The second-order valence-corrected chi connectivity index (χ2v) is 6.75. The number of fused-ring (bicyclic) bond motifs is 1. The minimum atomic E-state index is -0.825. The molecule has 1 aliphatic rings. The number of halogens is 2. The average Bonchev–Trinajstić information content (AvgIpc) is 2.69. The molecular formula is C17H20F2N2. The number of hydrogen-bond acceptors (Lipinski definition) is 1. The van der Waals surface area contributed by atoms with Gasteiger partial charge in [0, 0.05) is 17.4 Å². The zero-order valence-corrected chi connectivity index (χ0v) is 12.6. The fourth-order valence-electron chi connectivity index (χ4n) is 3.45. The molecule has 0 radical (unpaired) electrons. The average molecular weight is 290 g/mol. The van der Waals surface area contributed by atoms with Crippen LogP contribution in [0.15, 0.2) is 24.3 Å². The first kappa shape index (κ1) is 14.3. The van der Waals surface area contributed by atoms with E-state index in [4.69, 9.17) is 5.73 Å². The maximum absolute atomic E-state index is 14.2. The van der Waals surface area contributed by atoms with Crippen LogP contribution in [0.2, 0.25) is 0 Å². The molecule has 1 atom stereocenters. The molecule has 3 rings (SSSR count). The number of aryl methyl sites for hydroxylation is 1. The topological polar surface area (TPSA) is 30.9 Å². The third-order valence-electron chi connectivity index (χ3n) is 4.31. The van der Waals surface area contributed by atoms with Crippen molar-refractivity contribution in [2.24, 2.45) is 11.1 Å². The summed E-state index contributed by atoms with van der Waals surface area (Å²) in [6.07, 6.45) is 1.70. The van der Waals surface area contributed by atoms with Crippen LogP contribution in [0.25, 0.3) is 5.69 Å². The van der Waals surface area contributed by atoms with Gasteiger partial charge in [-0.05, 0) is 48.9 Å². The van der Waals surface area contributed by atoms with Crippen molar-refractivity contribution in [3.8, 4) is 5.69 Å². The maximum Gasteiger partial charge on any atom is 0.182 e. The van der Waals surface area contributed by atoms with Gasteiger partial charge in [-0.2, -0.15) is 0 Å². The summed E-state index contributed by atoms with van der Waals surface area (Å²) in [5.74, 6) is -1.63. The van der Waals surface area contributed by atoms with Gasteiger partial charge >= 0.3 is 0 Å². The predicted molar refractivity (Wildman–Crippen MR) is 79.5 cm³/mol. The van der Waals surface area contributed by atoms with Crippen molar-refractivity contribution >= 4 is 0 Å². The molecule has 2 aromatic rings. The van der Waals surface area contributed by atoms with E-state index < -0.39 is 11.6 Å². The molecule has 2 nitrogen and oxygen atoms in total. The van der Waals surface area contributed by atoms with Crippen LogP contribution in [-0.2, 0) is 6.42 Å². The van der Waals surface area contributed by atoms with Crippen LogP contribution in [0.4, 0.5) is 8.78 Å². The van der Waals surface area contributed by atoms with Crippen LogP contribution in [0.5, 0.6) is 0 Å². The highest BCUT2D eigenvalue weighted by Crippen LogP contribution is 2.42. The Hall–Kier alpha value is -1.68. The highest BCUT2D eigenvalue weighted by atomic mass is 19.2. The molecule has 1 unspecified atom stereocenters. The Morgan fingerprint density at radius 3 is 2.71 bits per heavy atom. The van der Waals surface area contributed by atoms with Crippen molar-refractivity contribution in [3.63, 3.8) is 0 Å². The summed E-state index contributed by atoms with van der Waals surface area (Å²) < 4.78 is 29.5. The van der Waals surface area contributed by atoms with Crippen molar-refractivity contribution < 1.29 is 8.78 Å². The summed E-state index contributed by atoms with van der Waals surface area (Å²) in [7, 11) is 0. The van der Waals surface area contributed by atoms with Gasteiger partial charge in [0.1, 0.15) is 0 Å². The first-order valence-electron chi connectivity index (χ1n) is 7.21. The number of benzene rings is 1. The first-order valence-corrected chi connectivity index (χ1v) is 7.21. The number of nitrogens with two attached hydrogens (primary N) is 1. The van der Waals surface area contributed by atoms with Crippen molar-refractivity contribution in [2.75, 3.05) is 0 Å². The summed E-state index contributed by atoms with van der Waals surface area (Å²) in [5.41, 5.74) is 9.52. The lowest BCUT2D eigenvalue weighted by Crippen LogP contribution is -2.30. The van der Waals surface area contributed by atoms with Crippen LogP contribution < -0.4 is 5.73 Å². The quantitative estimate of drug-likeness (QED) is 0.844. The zero-order chi connectivity index (χ0) is 15.4. The Morgan fingerprint density at radius 1 is 1.29 bits per heavy atom. The summed E-state index contributed by atoms with van der Waals surface area (Å²) in [4.78, 5) is 0. The fourth-order valence-corrected chi connectivity index (χ4v) is 3.45. The summed E-state index contributed by atoms with van der Waals surface area (Å²) >= 11 is 0. The molecule has 0 bridgehead atoms. The largest absolute Gasteiger partial charge is 0.324 e. The molecule has 112 valence electrons. The van der Waals surface area contributed by atoms with E-state index >= 15 is 0 Å². The molecule has 4 heteroatoms. The van der Waals surface area contributed by atoms with Crippen molar-refractivity contribution in [2.45, 2.75) is 39.7 Å². The van der Waals surface area contributed by atoms with E-state index in [1.54, 1.807) is 6.07 Å². The Morgan fingerprint density at radius 2 is 2.00 bits per heavy atom. The van der Waals surface area contributed by atoms with Crippen LogP contribution in [0.1, 0.15) is 43.3 Å². The highest BCUT2D eigenvalue weighted by molar-refractivity contribution is 5.45. The second kappa shape index (κ2) is 4.67. The van der Waals surface area contributed by atoms with Crippen molar-refractivity contribution in [1.82, 2.24) is 4.57 Å². The molecule has 2 N–H and O–H groups in total. The predicted octanol–water partition coefficient (Wildman–Crippen LogP) is 4.04. The molecule has 0 spiro atoms. The van der Waals surface area contributed by atoms with E-state index in [0.717, 1.165) is 35.9 Å². The number of nitrogens with zero attached hydrogens (tertiary/aromatic N) is 1. The standard InChI is InChI=1S/C17H20F2N2/c1-10-7-11-13(20)8-17(2,3)9-15(11)21(10)14-6-4-5-12(18)16(14)19/h4-7,13H,8-9,20H2,1-3H3. The lowest BCUT2D eigenvalue weighted by atomic mass is 9.74. The summed E-state index contributed by atoms with van der Waals surface area (Å²) in [5, 5.41) is 0. The Bertz CT molecular complexity index is 701. The van der Waals surface area contributed by atoms with E-state index in [0.29, 0.717) is 0 Å². The van der Waals surface area contributed by atoms with Gasteiger partial charge in [-0.25, -0.2) is 8.78 Å². The highest BCUT2D eigenvalue weighted by Gasteiger charge is 2.34. The third-order valence-corrected chi connectivity index (χ3v) is 4.31. The normalized spacial score (nSPS) is 20.4. The van der Waals surface area contributed by atoms with Crippen LogP contribution >= 0.6 is 0 Å². The lowest BCUT2D eigenvalue weighted by Gasteiger charge is -2.34. The van der Waals surface area contributed by atoms with E-state index in [-0.39, 0.29) is 17.1 Å². The van der Waals surface area contributed by atoms with Crippen LogP contribution in [0, 0.1) is 24.0 Å². The molecule has 1 heterocycles. The van der Waals surface area contributed by atoms with Crippen molar-refractivity contribution in [3.05, 3.63) is 52.9 Å². The van der Waals surface area contributed by atoms with Gasteiger partial charge in [0.2, 0.25) is 0 Å². The summed E-state index contributed by atoms with van der Waals surface area (Å²) in [6.45, 7) is 6.22. The third kappa shape index (κ3) is 2.27. The first-order chi connectivity index (χ1) is 9.80. The van der Waals surface area contributed by atoms with Gasteiger partial charge in [-0.3, -0.25) is 0 Å². The van der Waals surface area contributed by atoms with Crippen molar-refractivity contribution in [1.29, 1.82) is 0 Å². The fraction of sp³-hybridized carbons (Fsp3) is 0.412. The zero-order valence-electron chi connectivity index (χ0n) is 12.6. The molecule has 0 fully saturated rings. The monoisotopic (exact) mass is 290 g/mol. The Labute approximate surface area is 123 Å². The van der Waals surface area contributed by atoms with Crippen LogP contribution in [-0.4, -0.2) is 4.57 Å². The van der Waals surface area contributed by atoms with Gasteiger partial charge in [0.15, 0.2) is 11.6 Å². The minimum Gasteiger partial charge on any atom is -0.324 e. The van der Waals surface area contributed by atoms with Gasteiger partial charge in [-0.1, -0.05) is 19.9 Å². The smallest absolute Gasteiger partial charge is 0.182 e. The summed E-state index contributed by atoms with van der Waals surface area (Å²) in [6, 6.07) is 6.23. The Kier molecular flexibility index (Phi) is 3.17. The maximum atomic E-state index is 14.2.